The van der Waals surface area contributed by atoms with Crippen molar-refractivity contribution in [1.29, 1.82) is 0 Å². The van der Waals surface area contributed by atoms with Crippen molar-refractivity contribution in [3.63, 3.8) is 0 Å². The Bertz CT molecular complexity index is 601. The highest BCUT2D eigenvalue weighted by Crippen LogP contribution is 2.32. The molecule has 3 rings (SSSR count). The van der Waals surface area contributed by atoms with Gasteiger partial charge in [0, 0.05) is 30.1 Å². The van der Waals surface area contributed by atoms with Crippen molar-refractivity contribution in [1.82, 2.24) is 10.3 Å². The zero-order chi connectivity index (χ0) is 13.9. The first kappa shape index (κ1) is 13.2. The van der Waals surface area contributed by atoms with Gasteiger partial charge in [-0.05, 0) is 36.8 Å². The number of benzene rings is 1. The van der Waals surface area contributed by atoms with Crippen LogP contribution in [0.15, 0.2) is 30.5 Å². The molecule has 0 saturated heterocycles. The zero-order valence-electron chi connectivity index (χ0n) is 11.4. The van der Waals surface area contributed by atoms with E-state index in [-0.39, 0.29) is 12.0 Å². The average molecular weight is 272 g/mol. The third kappa shape index (κ3) is 3.02. The highest BCUT2D eigenvalue weighted by molar-refractivity contribution is 5.84. The Morgan fingerprint density at radius 3 is 3.00 bits per heavy atom. The number of aromatic nitrogens is 1. The number of amides is 1. The van der Waals surface area contributed by atoms with Crippen molar-refractivity contribution in [3.8, 4) is 0 Å². The molecule has 1 fully saturated rings. The van der Waals surface area contributed by atoms with Crippen LogP contribution in [0.2, 0.25) is 0 Å². The second kappa shape index (κ2) is 5.67. The molecule has 0 radical (unpaired) electrons. The first-order valence-corrected chi connectivity index (χ1v) is 7.24. The lowest BCUT2D eigenvalue weighted by Crippen LogP contribution is -2.33. The average Bonchev–Trinajstić information content (AvgIpc) is 3.24. The number of carbonyl (C=O) groups excluding carboxylic acids is 1. The number of fused-ring (bicyclic) bond motifs is 1. The van der Waals surface area contributed by atoms with Crippen molar-refractivity contribution >= 4 is 16.8 Å². The van der Waals surface area contributed by atoms with Crippen molar-refractivity contribution in [2.24, 2.45) is 5.92 Å². The van der Waals surface area contributed by atoms with Crippen LogP contribution in [0.4, 0.5) is 0 Å². The molecule has 20 heavy (non-hydrogen) atoms. The van der Waals surface area contributed by atoms with E-state index in [4.69, 9.17) is 0 Å². The molecule has 1 aromatic carbocycles. The molecule has 1 heterocycles. The van der Waals surface area contributed by atoms with E-state index in [9.17, 15) is 9.90 Å². The number of aryl methyl sites for hydroxylation is 1. The van der Waals surface area contributed by atoms with Crippen LogP contribution in [-0.2, 0) is 11.2 Å². The van der Waals surface area contributed by atoms with Gasteiger partial charge in [-0.3, -0.25) is 4.79 Å². The molecule has 1 aromatic heterocycles. The zero-order valence-corrected chi connectivity index (χ0v) is 11.4. The smallest absolute Gasteiger partial charge is 0.220 e. The first-order valence-electron chi connectivity index (χ1n) is 7.24. The molecular formula is C16H20N2O2. The van der Waals surface area contributed by atoms with Gasteiger partial charge in [0.1, 0.15) is 0 Å². The minimum absolute atomic E-state index is 0.00924. The summed E-state index contributed by atoms with van der Waals surface area (Å²) in [7, 11) is 0. The molecule has 0 bridgehead atoms. The van der Waals surface area contributed by atoms with E-state index in [1.807, 2.05) is 24.4 Å². The van der Waals surface area contributed by atoms with Crippen LogP contribution >= 0.6 is 0 Å². The molecule has 0 spiro atoms. The van der Waals surface area contributed by atoms with Crippen molar-refractivity contribution in [3.05, 3.63) is 36.0 Å². The topological polar surface area (TPSA) is 65.1 Å². The van der Waals surface area contributed by atoms with Gasteiger partial charge in [-0.1, -0.05) is 18.2 Å². The maximum atomic E-state index is 11.8. The van der Waals surface area contributed by atoms with Gasteiger partial charge >= 0.3 is 0 Å². The number of para-hydroxylation sites is 1. The largest absolute Gasteiger partial charge is 0.391 e. The molecule has 4 heteroatoms. The monoisotopic (exact) mass is 272 g/mol. The van der Waals surface area contributed by atoms with Crippen molar-refractivity contribution in [2.45, 2.75) is 31.8 Å². The maximum Gasteiger partial charge on any atom is 0.220 e. The number of H-pyrrole nitrogens is 1. The minimum Gasteiger partial charge on any atom is -0.391 e. The summed E-state index contributed by atoms with van der Waals surface area (Å²) in [5, 5.41) is 13.7. The van der Waals surface area contributed by atoms with Crippen LogP contribution < -0.4 is 5.32 Å². The molecule has 1 atom stereocenters. The molecular weight excluding hydrogens is 252 g/mol. The third-order valence-corrected chi connectivity index (χ3v) is 3.97. The normalized spacial score (nSPS) is 16.2. The van der Waals surface area contributed by atoms with E-state index in [0.717, 1.165) is 24.8 Å². The Labute approximate surface area is 118 Å². The Morgan fingerprint density at radius 1 is 1.40 bits per heavy atom. The van der Waals surface area contributed by atoms with Gasteiger partial charge in [-0.15, -0.1) is 0 Å². The quantitative estimate of drug-likeness (QED) is 0.753. The Morgan fingerprint density at radius 2 is 2.20 bits per heavy atom. The van der Waals surface area contributed by atoms with Crippen LogP contribution in [0.25, 0.3) is 10.9 Å². The van der Waals surface area contributed by atoms with Gasteiger partial charge in [0.2, 0.25) is 5.91 Å². The molecule has 106 valence electrons. The third-order valence-electron chi connectivity index (χ3n) is 3.97. The number of hydrogen-bond donors (Lipinski definition) is 3. The second-order valence-electron chi connectivity index (χ2n) is 5.57. The highest BCUT2D eigenvalue weighted by Gasteiger charge is 2.29. The summed E-state index contributed by atoms with van der Waals surface area (Å²) in [5.41, 5.74) is 2.27. The SMILES string of the molecule is O=C(CCc1c[nH]c2ccccc12)NCC(O)C1CC1. The van der Waals surface area contributed by atoms with Gasteiger partial charge in [-0.25, -0.2) is 0 Å². The van der Waals surface area contributed by atoms with E-state index >= 15 is 0 Å². The molecule has 3 N–H and O–H groups in total. The summed E-state index contributed by atoms with van der Waals surface area (Å²) in [6, 6.07) is 8.10. The van der Waals surface area contributed by atoms with Crippen LogP contribution in [0.3, 0.4) is 0 Å². The lowest BCUT2D eigenvalue weighted by Gasteiger charge is -2.10. The number of carbonyl (C=O) groups is 1. The van der Waals surface area contributed by atoms with E-state index in [1.165, 1.54) is 10.9 Å². The van der Waals surface area contributed by atoms with E-state index in [2.05, 4.69) is 16.4 Å². The summed E-state index contributed by atoms with van der Waals surface area (Å²) >= 11 is 0. The molecule has 2 aromatic rings. The van der Waals surface area contributed by atoms with Gasteiger partial charge in [0.25, 0.3) is 0 Å². The summed E-state index contributed by atoms with van der Waals surface area (Å²) in [6.07, 6.45) is 4.96. The highest BCUT2D eigenvalue weighted by atomic mass is 16.3. The second-order valence-corrected chi connectivity index (χ2v) is 5.57. The number of nitrogens with one attached hydrogen (secondary N) is 2. The molecule has 1 unspecified atom stereocenters. The lowest BCUT2D eigenvalue weighted by atomic mass is 10.1. The van der Waals surface area contributed by atoms with Crippen molar-refractivity contribution in [2.75, 3.05) is 6.54 Å². The maximum absolute atomic E-state index is 11.8. The Hall–Kier alpha value is -1.81. The Balaban J connectivity index is 1.49. The predicted molar refractivity (Wildman–Crippen MR) is 78.4 cm³/mol. The van der Waals surface area contributed by atoms with Gasteiger partial charge in [-0.2, -0.15) is 0 Å². The van der Waals surface area contributed by atoms with Crippen LogP contribution in [0.1, 0.15) is 24.8 Å². The van der Waals surface area contributed by atoms with E-state index < -0.39 is 0 Å². The fraction of sp³-hybridized carbons (Fsp3) is 0.438. The summed E-state index contributed by atoms with van der Waals surface area (Å²) in [6.45, 7) is 0.386. The fourth-order valence-electron chi connectivity index (χ4n) is 2.54. The van der Waals surface area contributed by atoms with Gasteiger partial charge in [0.15, 0.2) is 0 Å². The molecule has 4 nitrogen and oxygen atoms in total. The number of aromatic amines is 1. The lowest BCUT2D eigenvalue weighted by molar-refractivity contribution is -0.121. The Kier molecular flexibility index (Phi) is 3.74. The predicted octanol–water partition coefficient (Wildman–Crippen LogP) is 1.99. The molecule has 0 aliphatic heterocycles. The van der Waals surface area contributed by atoms with E-state index in [0.29, 0.717) is 18.9 Å². The standard InChI is InChI=1S/C16H20N2O2/c19-15(11-5-6-11)10-18-16(20)8-7-12-9-17-14-4-2-1-3-13(12)14/h1-4,9,11,15,17,19H,5-8,10H2,(H,18,20). The van der Waals surface area contributed by atoms with Gasteiger partial charge < -0.3 is 15.4 Å². The summed E-state index contributed by atoms with van der Waals surface area (Å²) < 4.78 is 0. The van der Waals surface area contributed by atoms with E-state index in [1.54, 1.807) is 0 Å². The fourth-order valence-corrected chi connectivity index (χ4v) is 2.54. The number of aliphatic hydroxyl groups excluding tert-OH is 1. The number of rotatable bonds is 6. The number of hydrogen-bond acceptors (Lipinski definition) is 2. The molecule has 1 saturated carbocycles. The van der Waals surface area contributed by atoms with Crippen LogP contribution in [0, 0.1) is 5.92 Å². The van der Waals surface area contributed by atoms with Crippen LogP contribution in [0.5, 0.6) is 0 Å². The molecule has 1 aliphatic rings. The first-order chi connectivity index (χ1) is 9.74. The number of aliphatic hydroxyl groups is 1. The summed E-state index contributed by atoms with van der Waals surface area (Å²) in [4.78, 5) is 15.0. The molecule has 1 amide bonds. The van der Waals surface area contributed by atoms with Gasteiger partial charge in [0.05, 0.1) is 6.10 Å². The van der Waals surface area contributed by atoms with Crippen LogP contribution in [-0.4, -0.2) is 28.6 Å². The van der Waals surface area contributed by atoms with Crippen molar-refractivity contribution < 1.29 is 9.90 Å². The minimum atomic E-state index is -0.368. The summed E-state index contributed by atoms with van der Waals surface area (Å²) in [5.74, 6) is 0.416. The molecule has 1 aliphatic carbocycles.